The maximum absolute atomic E-state index is 13.5. The highest BCUT2D eigenvalue weighted by Crippen LogP contribution is 2.32. The topological polar surface area (TPSA) is 81.5 Å². The van der Waals surface area contributed by atoms with E-state index in [1.165, 1.54) is 23.9 Å². The van der Waals surface area contributed by atoms with Crippen molar-refractivity contribution in [3.63, 3.8) is 0 Å². The van der Waals surface area contributed by atoms with Crippen LogP contribution in [0.5, 0.6) is 11.5 Å². The Balaban J connectivity index is 1.49. The molecule has 1 aromatic heterocycles. The molecule has 3 aromatic rings. The van der Waals surface area contributed by atoms with Gasteiger partial charge in [-0.2, -0.15) is 0 Å². The number of hydrogen-bond donors (Lipinski definition) is 1. The normalized spacial score (nSPS) is 14.1. The number of nitrogens with zero attached hydrogens (tertiary/aromatic N) is 4. The highest BCUT2D eigenvalue weighted by molar-refractivity contribution is 7.99. The van der Waals surface area contributed by atoms with Crippen molar-refractivity contribution in [1.82, 2.24) is 19.7 Å². The summed E-state index contributed by atoms with van der Waals surface area (Å²) in [5.41, 5.74) is 1.36. The van der Waals surface area contributed by atoms with E-state index in [0.717, 1.165) is 12.1 Å². The van der Waals surface area contributed by atoms with Crippen molar-refractivity contribution in [3.8, 4) is 17.2 Å². The summed E-state index contributed by atoms with van der Waals surface area (Å²) in [7, 11) is 3.90. The summed E-state index contributed by atoms with van der Waals surface area (Å²) in [4.78, 5) is 14.7. The Bertz CT molecular complexity index is 1120. The molecule has 0 aliphatic carbocycles. The van der Waals surface area contributed by atoms with Crippen molar-refractivity contribution >= 4 is 23.4 Å². The second-order valence-corrected chi connectivity index (χ2v) is 8.78. The van der Waals surface area contributed by atoms with Crippen LogP contribution in [0.3, 0.4) is 0 Å². The van der Waals surface area contributed by atoms with Gasteiger partial charge in [0.1, 0.15) is 5.82 Å². The number of carbonyl (C=O) groups excluding carboxylic acids is 1. The molecule has 8 nitrogen and oxygen atoms in total. The van der Waals surface area contributed by atoms with E-state index >= 15 is 0 Å². The van der Waals surface area contributed by atoms with Gasteiger partial charge < -0.3 is 14.8 Å². The van der Waals surface area contributed by atoms with Gasteiger partial charge in [-0.25, -0.2) is 4.39 Å². The number of ether oxygens (including phenoxy) is 2. The molecule has 0 saturated heterocycles. The van der Waals surface area contributed by atoms with E-state index in [1.807, 2.05) is 30.5 Å². The third-order valence-corrected chi connectivity index (χ3v) is 6.18. The first kappa shape index (κ1) is 23.1. The van der Waals surface area contributed by atoms with Crippen LogP contribution in [0.4, 0.5) is 10.1 Å². The van der Waals surface area contributed by atoms with Crippen LogP contribution in [0.25, 0.3) is 5.69 Å². The van der Waals surface area contributed by atoms with Gasteiger partial charge in [-0.1, -0.05) is 11.8 Å². The average Bonchev–Trinajstić information content (AvgIpc) is 3.08. The zero-order valence-electron chi connectivity index (χ0n) is 18.7. The molecule has 0 unspecified atom stereocenters. The number of nitrogens with one attached hydrogen (secondary N) is 1. The maximum atomic E-state index is 13.5. The first-order valence-electron chi connectivity index (χ1n) is 10.6. The molecule has 2 heterocycles. The molecule has 2 aromatic carbocycles. The molecular formula is C23H26FN5O3S. The summed E-state index contributed by atoms with van der Waals surface area (Å²) in [6.07, 6.45) is 0.816. The van der Waals surface area contributed by atoms with Crippen LogP contribution in [0.1, 0.15) is 25.2 Å². The standard InChI is InChI=1S/C23H26FN5O3S/c1-15(28(2)3)22-26-27-23(29(22)18-8-5-16(24)6-9-18)33-14-21(30)25-17-7-10-19-20(13-17)32-12-4-11-31-19/h5-10,13,15H,4,11-12,14H2,1-3H3,(H,25,30)/t15-/m1/s1. The zero-order valence-corrected chi connectivity index (χ0v) is 19.6. The minimum atomic E-state index is -0.322. The molecule has 0 spiro atoms. The molecule has 33 heavy (non-hydrogen) atoms. The molecule has 0 fully saturated rings. The molecule has 0 bridgehead atoms. The lowest BCUT2D eigenvalue weighted by atomic mass is 10.2. The van der Waals surface area contributed by atoms with Crippen LogP contribution in [-0.2, 0) is 4.79 Å². The van der Waals surface area contributed by atoms with Crippen LogP contribution in [0.15, 0.2) is 47.6 Å². The number of thioether (sulfide) groups is 1. The molecule has 1 atom stereocenters. The van der Waals surface area contributed by atoms with E-state index in [-0.39, 0.29) is 23.5 Å². The van der Waals surface area contributed by atoms with Crippen LogP contribution < -0.4 is 14.8 Å². The number of rotatable bonds is 7. The predicted octanol–water partition coefficient (Wildman–Crippen LogP) is 3.92. The van der Waals surface area contributed by atoms with Crippen LogP contribution >= 0.6 is 11.8 Å². The van der Waals surface area contributed by atoms with E-state index in [1.54, 1.807) is 30.3 Å². The lowest BCUT2D eigenvalue weighted by Crippen LogP contribution is -2.21. The van der Waals surface area contributed by atoms with E-state index in [0.29, 0.717) is 41.4 Å². The Hall–Kier alpha value is -3.11. The fourth-order valence-electron chi connectivity index (χ4n) is 3.28. The van der Waals surface area contributed by atoms with Gasteiger partial charge in [0.25, 0.3) is 0 Å². The second-order valence-electron chi connectivity index (χ2n) is 7.84. The fraction of sp³-hybridized carbons (Fsp3) is 0.348. The third kappa shape index (κ3) is 5.45. The number of anilines is 1. The lowest BCUT2D eigenvalue weighted by molar-refractivity contribution is -0.113. The first-order chi connectivity index (χ1) is 15.9. The highest BCUT2D eigenvalue weighted by atomic mass is 32.2. The molecule has 1 aliphatic heterocycles. The monoisotopic (exact) mass is 471 g/mol. The van der Waals surface area contributed by atoms with Crippen molar-refractivity contribution in [3.05, 3.63) is 54.1 Å². The summed E-state index contributed by atoms with van der Waals surface area (Å²) < 4.78 is 26.6. The molecule has 0 radical (unpaired) electrons. The number of amides is 1. The number of carbonyl (C=O) groups is 1. The van der Waals surface area contributed by atoms with Crippen molar-refractivity contribution in [2.75, 3.05) is 38.4 Å². The summed E-state index contributed by atoms with van der Waals surface area (Å²) in [6, 6.07) is 11.4. The van der Waals surface area contributed by atoms with Crippen LogP contribution in [-0.4, -0.2) is 58.6 Å². The number of aromatic nitrogens is 3. The number of fused-ring (bicyclic) bond motifs is 1. The van der Waals surface area contributed by atoms with Gasteiger partial charge >= 0.3 is 0 Å². The lowest BCUT2D eigenvalue weighted by Gasteiger charge is -2.20. The van der Waals surface area contributed by atoms with E-state index in [2.05, 4.69) is 15.5 Å². The maximum Gasteiger partial charge on any atom is 0.234 e. The van der Waals surface area contributed by atoms with Gasteiger partial charge in [0, 0.05) is 23.9 Å². The van der Waals surface area contributed by atoms with Gasteiger partial charge in [0.2, 0.25) is 5.91 Å². The Labute approximate surface area is 196 Å². The molecule has 1 N–H and O–H groups in total. The summed E-state index contributed by atoms with van der Waals surface area (Å²) in [5, 5.41) is 12.1. The van der Waals surface area contributed by atoms with Crippen LogP contribution in [0.2, 0.25) is 0 Å². The van der Waals surface area contributed by atoms with Gasteiger partial charge in [0.05, 0.1) is 25.0 Å². The molecule has 10 heteroatoms. The molecule has 4 rings (SSSR count). The Morgan fingerprint density at radius 3 is 2.61 bits per heavy atom. The van der Waals surface area contributed by atoms with E-state index in [9.17, 15) is 9.18 Å². The number of halogens is 1. The number of benzene rings is 2. The predicted molar refractivity (Wildman–Crippen MR) is 125 cm³/mol. The Morgan fingerprint density at radius 1 is 1.15 bits per heavy atom. The zero-order chi connectivity index (χ0) is 23.4. The second kappa shape index (κ2) is 10.2. The largest absolute Gasteiger partial charge is 0.490 e. The van der Waals surface area contributed by atoms with Crippen molar-refractivity contribution in [1.29, 1.82) is 0 Å². The Kier molecular flexibility index (Phi) is 7.14. The molecular weight excluding hydrogens is 445 g/mol. The minimum Gasteiger partial charge on any atom is -0.490 e. The summed E-state index contributed by atoms with van der Waals surface area (Å²) in [6.45, 7) is 3.20. The van der Waals surface area contributed by atoms with E-state index < -0.39 is 0 Å². The summed E-state index contributed by atoms with van der Waals surface area (Å²) >= 11 is 1.26. The van der Waals surface area contributed by atoms with Crippen molar-refractivity contribution in [2.24, 2.45) is 0 Å². The molecule has 0 saturated carbocycles. The Morgan fingerprint density at radius 2 is 1.88 bits per heavy atom. The fourth-order valence-corrected chi connectivity index (χ4v) is 4.04. The van der Waals surface area contributed by atoms with Crippen LogP contribution in [0, 0.1) is 5.82 Å². The van der Waals surface area contributed by atoms with Crippen molar-refractivity contribution in [2.45, 2.75) is 24.5 Å². The molecule has 174 valence electrons. The van der Waals surface area contributed by atoms with Gasteiger partial charge in [-0.3, -0.25) is 14.3 Å². The van der Waals surface area contributed by atoms with Crippen molar-refractivity contribution < 1.29 is 18.7 Å². The molecule has 1 aliphatic rings. The first-order valence-corrected chi connectivity index (χ1v) is 11.6. The van der Waals surface area contributed by atoms with E-state index in [4.69, 9.17) is 9.47 Å². The SMILES string of the molecule is C[C@H](c1nnc(SCC(=O)Nc2ccc3c(c2)OCCCO3)n1-c1ccc(F)cc1)N(C)C. The van der Waals surface area contributed by atoms with Gasteiger partial charge in [-0.05, 0) is 57.4 Å². The van der Waals surface area contributed by atoms with Gasteiger partial charge in [-0.15, -0.1) is 10.2 Å². The minimum absolute atomic E-state index is 0.0347. The molecule has 1 amide bonds. The average molecular weight is 472 g/mol. The quantitative estimate of drug-likeness (QED) is 0.523. The van der Waals surface area contributed by atoms with Gasteiger partial charge in [0.15, 0.2) is 22.5 Å². The smallest absolute Gasteiger partial charge is 0.234 e. The number of hydrogen-bond acceptors (Lipinski definition) is 7. The summed E-state index contributed by atoms with van der Waals surface area (Å²) in [5.74, 6) is 1.62. The highest BCUT2D eigenvalue weighted by Gasteiger charge is 2.22. The third-order valence-electron chi connectivity index (χ3n) is 5.26.